The molecule has 13 heavy (non-hydrogen) atoms. The van der Waals surface area contributed by atoms with Crippen molar-refractivity contribution in [1.29, 1.82) is 0 Å². The maximum Gasteiger partial charge on any atom is 0.280 e. The van der Waals surface area contributed by atoms with Gasteiger partial charge in [0.2, 0.25) is 0 Å². The average Bonchev–Trinajstić information content (AvgIpc) is 2.52. The average molecular weight is 175 g/mol. The highest BCUT2D eigenvalue weighted by Crippen LogP contribution is 2.09. The van der Waals surface area contributed by atoms with Crippen molar-refractivity contribution in [3.8, 4) is 12.3 Å². The smallest absolute Gasteiger partial charge is 0.280 e. The van der Waals surface area contributed by atoms with Crippen LogP contribution in [0.3, 0.4) is 0 Å². The first-order chi connectivity index (χ1) is 6.24. The van der Waals surface area contributed by atoms with Crippen LogP contribution >= 0.6 is 0 Å². The number of aromatic amines is 1. The molecule has 0 aliphatic rings. The summed E-state index contributed by atoms with van der Waals surface area (Å²) < 4.78 is 4.87. The SMILES string of the molecule is C#C/C=C\C=C(/C)c1cc(=O)[nH]o1. The first-order valence-electron chi connectivity index (χ1n) is 3.72. The first-order valence-corrected chi connectivity index (χ1v) is 3.72. The van der Waals surface area contributed by atoms with E-state index in [0.717, 1.165) is 5.57 Å². The van der Waals surface area contributed by atoms with Crippen LogP contribution in [-0.4, -0.2) is 5.16 Å². The monoisotopic (exact) mass is 175 g/mol. The molecule has 0 saturated heterocycles. The van der Waals surface area contributed by atoms with Crippen molar-refractivity contribution in [3.63, 3.8) is 0 Å². The summed E-state index contributed by atoms with van der Waals surface area (Å²) in [5.41, 5.74) is 0.591. The van der Waals surface area contributed by atoms with E-state index in [-0.39, 0.29) is 5.56 Å². The van der Waals surface area contributed by atoms with Crippen molar-refractivity contribution < 1.29 is 4.52 Å². The van der Waals surface area contributed by atoms with Crippen LogP contribution in [0.1, 0.15) is 12.7 Å². The largest absolute Gasteiger partial charge is 0.379 e. The molecule has 0 atom stereocenters. The Bertz CT molecular complexity index is 426. The Morgan fingerprint density at radius 1 is 1.77 bits per heavy atom. The van der Waals surface area contributed by atoms with E-state index in [2.05, 4.69) is 11.1 Å². The van der Waals surface area contributed by atoms with Crippen molar-refractivity contribution in [2.75, 3.05) is 0 Å². The predicted octanol–water partition coefficient (Wildman–Crippen LogP) is 1.56. The van der Waals surface area contributed by atoms with Gasteiger partial charge < -0.3 is 4.52 Å². The quantitative estimate of drug-likeness (QED) is 0.547. The Kier molecular flexibility index (Phi) is 2.93. The number of aromatic nitrogens is 1. The second-order valence-electron chi connectivity index (χ2n) is 2.45. The summed E-state index contributed by atoms with van der Waals surface area (Å²) in [5.74, 6) is 2.87. The van der Waals surface area contributed by atoms with Gasteiger partial charge in [-0.2, -0.15) is 5.16 Å². The van der Waals surface area contributed by atoms with Gasteiger partial charge in [0.1, 0.15) is 0 Å². The Morgan fingerprint density at radius 2 is 2.54 bits per heavy atom. The van der Waals surface area contributed by atoms with Gasteiger partial charge in [-0.25, -0.2) is 0 Å². The van der Waals surface area contributed by atoms with E-state index in [1.54, 1.807) is 18.2 Å². The molecule has 0 spiro atoms. The standard InChI is InChI=1S/C10H9NO2/c1-3-4-5-6-8(2)9-7-10(12)11-13-9/h1,4-7H,2H3,(H,11,12)/b5-4-,8-6+. The molecule has 0 fully saturated rings. The van der Waals surface area contributed by atoms with Crippen LogP contribution in [0.5, 0.6) is 0 Å². The number of nitrogens with one attached hydrogen (secondary N) is 1. The van der Waals surface area contributed by atoms with Gasteiger partial charge >= 0.3 is 0 Å². The fraction of sp³-hybridized carbons (Fsp3) is 0.100. The van der Waals surface area contributed by atoms with E-state index < -0.39 is 0 Å². The van der Waals surface area contributed by atoms with E-state index in [0.29, 0.717) is 5.76 Å². The Balaban J connectivity index is 2.86. The second kappa shape index (κ2) is 4.17. The van der Waals surface area contributed by atoms with Gasteiger partial charge in [-0.3, -0.25) is 4.79 Å². The van der Waals surface area contributed by atoms with E-state index in [1.807, 2.05) is 6.92 Å². The molecule has 0 aromatic carbocycles. The highest BCUT2D eigenvalue weighted by atomic mass is 16.5. The molecular formula is C10H9NO2. The number of hydrogen-bond donors (Lipinski definition) is 1. The summed E-state index contributed by atoms with van der Waals surface area (Å²) in [5, 5.41) is 2.20. The summed E-state index contributed by atoms with van der Waals surface area (Å²) in [4.78, 5) is 10.7. The van der Waals surface area contributed by atoms with Gasteiger partial charge in [0.05, 0.1) is 6.07 Å². The number of rotatable bonds is 2. The van der Waals surface area contributed by atoms with Crippen molar-refractivity contribution in [1.82, 2.24) is 5.16 Å². The highest BCUT2D eigenvalue weighted by Gasteiger charge is 1.99. The molecule has 0 radical (unpaired) electrons. The summed E-state index contributed by atoms with van der Waals surface area (Å²) in [7, 11) is 0. The van der Waals surface area contributed by atoms with Gasteiger partial charge in [0.25, 0.3) is 5.56 Å². The number of allylic oxidation sites excluding steroid dienone is 4. The summed E-state index contributed by atoms with van der Waals surface area (Å²) in [6.45, 7) is 1.83. The zero-order chi connectivity index (χ0) is 9.68. The van der Waals surface area contributed by atoms with E-state index >= 15 is 0 Å². The van der Waals surface area contributed by atoms with Gasteiger partial charge in [0, 0.05) is 0 Å². The lowest BCUT2D eigenvalue weighted by molar-refractivity contribution is 0.404. The zero-order valence-corrected chi connectivity index (χ0v) is 7.20. The molecule has 1 aromatic heterocycles. The Morgan fingerprint density at radius 3 is 3.08 bits per heavy atom. The van der Waals surface area contributed by atoms with Gasteiger partial charge in [-0.05, 0) is 18.6 Å². The summed E-state index contributed by atoms with van der Waals surface area (Å²) in [6, 6.07) is 1.38. The maximum atomic E-state index is 10.7. The Hall–Kier alpha value is -1.95. The van der Waals surface area contributed by atoms with Crippen LogP contribution in [0.25, 0.3) is 5.57 Å². The van der Waals surface area contributed by atoms with E-state index in [4.69, 9.17) is 10.9 Å². The molecule has 1 aromatic rings. The van der Waals surface area contributed by atoms with E-state index in [1.165, 1.54) is 6.07 Å². The van der Waals surface area contributed by atoms with Crippen LogP contribution in [0, 0.1) is 12.3 Å². The Labute approximate surface area is 75.7 Å². The molecule has 1 heterocycles. The van der Waals surface area contributed by atoms with Crippen LogP contribution in [0.15, 0.2) is 33.6 Å². The predicted molar refractivity (Wildman–Crippen MR) is 51.0 cm³/mol. The van der Waals surface area contributed by atoms with E-state index in [9.17, 15) is 4.79 Å². The number of terminal acetylenes is 1. The highest BCUT2D eigenvalue weighted by molar-refractivity contribution is 5.60. The summed E-state index contributed by atoms with van der Waals surface area (Å²) in [6.07, 6.45) is 10.1. The molecule has 66 valence electrons. The fourth-order valence-electron chi connectivity index (χ4n) is 0.808. The third kappa shape index (κ3) is 2.53. The van der Waals surface area contributed by atoms with Crippen molar-refractivity contribution in [2.24, 2.45) is 0 Å². The first kappa shape index (κ1) is 9.14. The van der Waals surface area contributed by atoms with Gasteiger partial charge in [0.15, 0.2) is 5.76 Å². The normalized spacial score (nSPS) is 11.8. The van der Waals surface area contributed by atoms with Crippen molar-refractivity contribution >= 4 is 5.57 Å². The number of hydrogen-bond acceptors (Lipinski definition) is 2. The minimum Gasteiger partial charge on any atom is -0.379 e. The maximum absolute atomic E-state index is 10.7. The molecule has 0 aliphatic carbocycles. The molecule has 0 amide bonds. The van der Waals surface area contributed by atoms with Gasteiger partial charge in [-0.1, -0.05) is 18.1 Å². The molecule has 0 aliphatic heterocycles. The molecule has 0 saturated carbocycles. The molecule has 3 nitrogen and oxygen atoms in total. The number of H-pyrrole nitrogens is 1. The lowest BCUT2D eigenvalue weighted by atomic mass is 10.2. The topological polar surface area (TPSA) is 46.0 Å². The lowest BCUT2D eigenvalue weighted by Crippen LogP contribution is -1.92. The third-order valence-electron chi connectivity index (χ3n) is 1.45. The minimum atomic E-state index is -0.247. The zero-order valence-electron chi connectivity index (χ0n) is 7.20. The molecule has 3 heteroatoms. The summed E-state index contributed by atoms with van der Waals surface area (Å²) >= 11 is 0. The van der Waals surface area contributed by atoms with Crippen LogP contribution in [-0.2, 0) is 0 Å². The molecule has 0 unspecified atom stereocenters. The van der Waals surface area contributed by atoms with Gasteiger partial charge in [-0.15, -0.1) is 6.42 Å². The molecule has 0 bridgehead atoms. The van der Waals surface area contributed by atoms with Crippen molar-refractivity contribution in [3.05, 3.63) is 40.4 Å². The molecular weight excluding hydrogens is 166 g/mol. The fourth-order valence-corrected chi connectivity index (χ4v) is 0.808. The minimum absolute atomic E-state index is 0.247. The molecule has 1 rings (SSSR count). The van der Waals surface area contributed by atoms with Crippen LogP contribution < -0.4 is 5.56 Å². The molecule has 1 N–H and O–H groups in total. The third-order valence-corrected chi connectivity index (χ3v) is 1.45. The second-order valence-corrected chi connectivity index (χ2v) is 2.45. The van der Waals surface area contributed by atoms with Crippen LogP contribution in [0.2, 0.25) is 0 Å². The lowest BCUT2D eigenvalue weighted by Gasteiger charge is -1.89. The van der Waals surface area contributed by atoms with Crippen LogP contribution in [0.4, 0.5) is 0 Å². The van der Waals surface area contributed by atoms with Crippen molar-refractivity contribution in [2.45, 2.75) is 6.92 Å².